The summed E-state index contributed by atoms with van der Waals surface area (Å²) in [5.41, 5.74) is 0. The van der Waals surface area contributed by atoms with Crippen molar-refractivity contribution in [2.24, 2.45) is 17.8 Å². The summed E-state index contributed by atoms with van der Waals surface area (Å²) >= 11 is 0. The lowest BCUT2D eigenvalue weighted by Crippen LogP contribution is -2.34. The summed E-state index contributed by atoms with van der Waals surface area (Å²) in [4.78, 5) is 11.7. The van der Waals surface area contributed by atoms with Crippen molar-refractivity contribution in [3.05, 3.63) is 0 Å². The topological polar surface area (TPSA) is 52.9 Å². The lowest BCUT2D eigenvalue weighted by Gasteiger charge is -2.12. The summed E-state index contributed by atoms with van der Waals surface area (Å²) in [7, 11) is 0. The molecule has 15 heavy (non-hydrogen) atoms. The standard InChI is InChI=1S/C12H20N2O/c1-4-5-9-6-11(9)14-12(15)10(7-13)8(2)3/h8-11H,4-6H2,1-3H3,(H,14,15). The molecule has 1 fully saturated rings. The molecule has 0 heterocycles. The van der Waals surface area contributed by atoms with Crippen LogP contribution in [0.5, 0.6) is 0 Å². The number of rotatable bonds is 5. The second-order valence-corrected chi connectivity index (χ2v) is 4.75. The fraction of sp³-hybridized carbons (Fsp3) is 0.833. The van der Waals surface area contributed by atoms with E-state index < -0.39 is 5.92 Å². The first-order valence-corrected chi connectivity index (χ1v) is 5.80. The smallest absolute Gasteiger partial charge is 0.237 e. The molecule has 0 spiro atoms. The first-order valence-electron chi connectivity index (χ1n) is 5.80. The molecule has 1 rings (SSSR count). The van der Waals surface area contributed by atoms with Crippen molar-refractivity contribution in [3.8, 4) is 6.07 Å². The van der Waals surface area contributed by atoms with Crippen LogP contribution in [0.3, 0.4) is 0 Å². The Balaban J connectivity index is 2.34. The van der Waals surface area contributed by atoms with Crippen molar-refractivity contribution in [1.82, 2.24) is 5.32 Å². The van der Waals surface area contributed by atoms with Crippen molar-refractivity contribution >= 4 is 5.91 Å². The summed E-state index contributed by atoms with van der Waals surface area (Å²) in [6, 6.07) is 2.41. The van der Waals surface area contributed by atoms with Gasteiger partial charge in [0.2, 0.25) is 5.91 Å². The quantitative estimate of drug-likeness (QED) is 0.752. The van der Waals surface area contributed by atoms with Gasteiger partial charge in [0.15, 0.2) is 0 Å². The molecule has 1 aliphatic rings. The molecule has 0 aromatic heterocycles. The predicted molar refractivity (Wildman–Crippen MR) is 58.9 cm³/mol. The van der Waals surface area contributed by atoms with E-state index >= 15 is 0 Å². The van der Waals surface area contributed by atoms with Gasteiger partial charge in [-0.05, 0) is 24.7 Å². The third-order valence-electron chi connectivity index (χ3n) is 3.00. The van der Waals surface area contributed by atoms with E-state index in [2.05, 4.69) is 18.3 Å². The largest absolute Gasteiger partial charge is 0.352 e. The van der Waals surface area contributed by atoms with E-state index in [1.54, 1.807) is 0 Å². The van der Waals surface area contributed by atoms with Gasteiger partial charge in [-0.15, -0.1) is 0 Å². The Hall–Kier alpha value is -1.04. The van der Waals surface area contributed by atoms with E-state index in [0.29, 0.717) is 12.0 Å². The molecule has 0 bridgehead atoms. The van der Waals surface area contributed by atoms with Gasteiger partial charge in [-0.1, -0.05) is 27.2 Å². The fourth-order valence-electron chi connectivity index (χ4n) is 1.90. The summed E-state index contributed by atoms with van der Waals surface area (Å²) < 4.78 is 0. The number of nitrogens with one attached hydrogen (secondary N) is 1. The van der Waals surface area contributed by atoms with Crippen molar-refractivity contribution in [2.75, 3.05) is 0 Å². The highest BCUT2D eigenvalue weighted by Crippen LogP contribution is 2.34. The van der Waals surface area contributed by atoms with Gasteiger partial charge in [0.1, 0.15) is 5.92 Å². The summed E-state index contributed by atoms with van der Waals surface area (Å²) in [5, 5.41) is 11.8. The molecule has 0 aromatic carbocycles. The zero-order valence-corrected chi connectivity index (χ0v) is 9.79. The number of nitriles is 1. The zero-order valence-electron chi connectivity index (χ0n) is 9.79. The molecule has 0 aliphatic heterocycles. The van der Waals surface area contributed by atoms with Crippen molar-refractivity contribution < 1.29 is 4.79 Å². The number of hydrogen-bond acceptors (Lipinski definition) is 2. The highest BCUT2D eigenvalue weighted by atomic mass is 16.2. The summed E-state index contributed by atoms with van der Waals surface area (Å²) in [6.07, 6.45) is 3.45. The average molecular weight is 208 g/mol. The number of amides is 1. The Bertz CT molecular complexity index is 267. The van der Waals surface area contributed by atoms with Crippen LogP contribution in [0.1, 0.15) is 40.0 Å². The lowest BCUT2D eigenvalue weighted by molar-refractivity contribution is -0.124. The van der Waals surface area contributed by atoms with Crippen LogP contribution in [0.4, 0.5) is 0 Å². The molecule has 1 amide bonds. The molecule has 3 heteroatoms. The fourth-order valence-corrected chi connectivity index (χ4v) is 1.90. The lowest BCUT2D eigenvalue weighted by atomic mass is 9.96. The third kappa shape index (κ3) is 3.23. The highest BCUT2D eigenvalue weighted by molar-refractivity contribution is 5.81. The van der Waals surface area contributed by atoms with E-state index in [4.69, 9.17) is 5.26 Å². The maximum Gasteiger partial charge on any atom is 0.237 e. The van der Waals surface area contributed by atoms with Gasteiger partial charge >= 0.3 is 0 Å². The van der Waals surface area contributed by atoms with Crippen LogP contribution in [0.2, 0.25) is 0 Å². The van der Waals surface area contributed by atoms with Crippen LogP contribution >= 0.6 is 0 Å². The molecular formula is C12H20N2O. The Morgan fingerprint density at radius 3 is 2.73 bits per heavy atom. The first-order chi connectivity index (χ1) is 7.10. The van der Waals surface area contributed by atoms with E-state index in [-0.39, 0.29) is 11.8 Å². The van der Waals surface area contributed by atoms with E-state index in [1.165, 1.54) is 12.8 Å². The molecule has 3 nitrogen and oxygen atoms in total. The number of carbonyl (C=O) groups excluding carboxylic acids is 1. The Labute approximate surface area is 91.9 Å². The van der Waals surface area contributed by atoms with Crippen LogP contribution < -0.4 is 5.32 Å². The highest BCUT2D eigenvalue weighted by Gasteiger charge is 2.38. The molecular weight excluding hydrogens is 188 g/mol. The van der Waals surface area contributed by atoms with Crippen LogP contribution in [-0.2, 0) is 4.79 Å². The van der Waals surface area contributed by atoms with Gasteiger partial charge in [-0.3, -0.25) is 4.79 Å². The van der Waals surface area contributed by atoms with Crippen molar-refractivity contribution in [2.45, 2.75) is 46.1 Å². The predicted octanol–water partition coefficient (Wildman–Crippen LogP) is 2.09. The van der Waals surface area contributed by atoms with E-state index in [1.807, 2.05) is 13.8 Å². The van der Waals surface area contributed by atoms with Crippen LogP contribution in [0.15, 0.2) is 0 Å². The van der Waals surface area contributed by atoms with E-state index in [0.717, 1.165) is 6.42 Å². The van der Waals surface area contributed by atoms with Crippen LogP contribution in [-0.4, -0.2) is 11.9 Å². The van der Waals surface area contributed by atoms with Gasteiger partial charge in [0, 0.05) is 6.04 Å². The summed E-state index contributed by atoms with van der Waals surface area (Å²) in [5.74, 6) is 0.174. The van der Waals surface area contributed by atoms with Gasteiger partial charge in [0.05, 0.1) is 6.07 Å². The van der Waals surface area contributed by atoms with Gasteiger partial charge in [0.25, 0.3) is 0 Å². The minimum absolute atomic E-state index is 0.0869. The van der Waals surface area contributed by atoms with Gasteiger partial charge < -0.3 is 5.32 Å². The van der Waals surface area contributed by atoms with Crippen LogP contribution in [0.25, 0.3) is 0 Å². The molecule has 3 atom stereocenters. The molecule has 0 aromatic rings. The van der Waals surface area contributed by atoms with Gasteiger partial charge in [-0.25, -0.2) is 0 Å². The molecule has 84 valence electrons. The number of carbonyl (C=O) groups is 1. The maximum absolute atomic E-state index is 11.7. The normalized spacial score (nSPS) is 25.8. The molecule has 0 saturated heterocycles. The Morgan fingerprint density at radius 1 is 1.60 bits per heavy atom. The molecule has 1 saturated carbocycles. The maximum atomic E-state index is 11.7. The molecule has 3 unspecified atom stereocenters. The minimum atomic E-state index is -0.493. The molecule has 1 aliphatic carbocycles. The Morgan fingerprint density at radius 2 is 2.27 bits per heavy atom. The van der Waals surface area contributed by atoms with Gasteiger partial charge in [-0.2, -0.15) is 5.26 Å². The third-order valence-corrected chi connectivity index (χ3v) is 3.00. The zero-order chi connectivity index (χ0) is 11.4. The molecule has 1 N–H and O–H groups in total. The summed E-state index contributed by atoms with van der Waals surface area (Å²) in [6.45, 7) is 5.97. The average Bonchev–Trinajstić information content (AvgIpc) is 2.84. The second kappa shape index (κ2) is 5.16. The number of nitrogens with zero attached hydrogens (tertiary/aromatic N) is 1. The second-order valence-electron chi connectivity index (χ2n) is 4.75. The van der Waals surface area contributed by atoms with Crippen LogP contribution in [0, 0.1) is 29.1 Å². The first kappa shape index (κ1) is 12.0. The Kier molecular flexibility index (Phi) is 4.14. The van der Waals surface area contributed by atoms with E-state index in [9.17, 15) is 4.79 Å². The SMILES string of the molecule is CCCC1CC1NC(=O)C(C#N)C(C)C. The minimum Gasteiger partial charge on any atom is -0.352 e. The molecule has 0 radical (unpaired) electrons. The number of hydrogen-bond donors (Lipinski definition) is 1. The monoisotopic (exact) mass is 208 g/mol. The van der Waals surface area contributed by atoms with Crippen molar-refractivity contribution in [3.63, 3.8) is 0 Å². The van der Waals surface area contributed by atoms with Crippen molar-refractivity contribution in [1.29, 1.82) is 5.26 Å².